The van der Waals surface area contributed by atoms with Crippen LogP contribution in [0.3, 0.4) is 0 Å². The van der Waals surface area contributed by atoms with Gasteiger partial charge in [-0.15, -0.1) is 0 Å². The fourth-order valence-corrected chi connectivity index (χ4v) is 2.65. The summed E-state index contributed by atoms with van der Waals surface area (Å²) < 4.78 is 24.1. The molecule has 3 N–H and O–H groups in total. The fourth-order valence-electron chi connectivity index (χ4n) is 1.39. The quantitative estimate of drug-likeness (QED) is 0.824. The highest BCUT2D eigenvalue weighted by Crippen LogP contribution is 2.17. The predicted molar refractivity (Wildman–Crippen MR) is 73.1 cm³/mol. The molecule has 1 heterocycles. The van der Waals surface area contributed by atoms with Gasteiger partial charge in [-0.1, -0.05) is 13.8 Å². The zero-order valence-electron chi connectivity index (χ0n) is 11.3. The van der Waals surface area contributed by atoms with Crippen LogP contribution in [-0.2, 0) is 14.6 Å². The van der Waals surface area contributed by atoms with Crippen molar-refractivity contribution in [3.05, 3.63) is 18.5 Å². The van der Waals surface area contributed by atoms with Crippen molar-refractivity contribution in [2.75, 3.05) is 11.5 Å². The average Bonchev–Trinajstić information content (AvgIpc) is 2.27. The minimum atomic E-state index is -3.74. The molecule has 6 nitrogen and oxygen atoms in total. The number of sulfone groups is 1. The summed E-state index contributed by atoms with van der Waals surface area (Å²) in [6.45, 7) is 5.72. The molecule has 106 valence electrons. The summed E-state index contributed by atoms with van der Waals surface area (Å²) >= 11 is 0. The first kappa shape index (κ1) is 15.4. The standard InChI is InChI=1S/C12H19N3O3S/c1-8(2)9(3)15-12(16)7-19(17,18)11-4-5-14-6-10(11)13/h4-6,8-9H,7,13H2,1-3H3,(H,15,16). The molecule has 0 saturated heterocycles. The zero-order valence-corrected chi connectivity index (χ0v) is 12.1. The molecule has 0 aromatic carbocycles. The molecule has 0 bridgehead atoms. The van der Waals surface area contributed by atoms with Crippen molar-refractivity contribution in [3.63, 3.8) is 0 Å². The van der Waals surface area contributed by atoms with E-state index in [9.17, 15) is 13.2 Å². The Morgan fingerprint density at radius 1 is 1.42 bits per heavy atom. The van der Waals surface area contributed by atoms with E-state index in [4.69, 9.17) is 5.73 Å². The minimum absolute atomic E-state index is 0.0483. The number of rotatable bonds is 5. The molecule has 0 saturated carbocycles. The molecule has 1 aromatic rings. The lowest BCUT2D eigenvalue weighted by atomic mass is 10.1. The number of hydrogen-bond donors (Lipinski definition) is 2. The lowest BCUT2D eigenvalue weighted by molar-refractivity contribution is -0.119. The summed E-state index contributed by atoms with van der Waals surface area (Å²) in [5, 5.41) is 2.65. The van der Waals surface area contributed by atoms with E-state index in [1.54, 1.807) is 0 Å². The van der Waals surface area contributed by atoms with Crippen LogP contribution >= 0.6 is 0 Å². The Kier molecular flexibility index (Phi) is 4.88. The van der Waals surface area contributed by atoms with Crippen LogP contribution in [0.15, 0.2) is 23.4 Å². The first-order valence-electron chi connectivity index (χ1n) is 5.95. The van der Waals surface area contributed by atoms with E-state index in [-0.39, 0.29) is 22.5 Å². The molecular weight excluding hydrogens is 266 g/mol. The summed E-state index contributed by atoms with van der Waals surface area (Å²) in [5.74, 6) is -0.909. The van der Waals surface area contributed by atoms with E-state index in [0.29, 0.717) is 0 Å². The molecular formula is C12H19N3O3S. The van der Waals surface area contributed by atoms with Crippen LogP contribution in [0.4, 0.5) is 5.69 Å². The third-order valence-electron chi connectivity index (χ3n) is 2.85. The number of nitrogens with zero attached hydrogens (tertiary/aromatic N) is 1. The SMILES string of the molecule is CC(C)C(C)NC(=O)CS(=O)(=O)c1ccncc1N. The van der Waals surface area contributed by atoms with Gasteiger partial charge in [-0.2, -0.15) is 0 Å². The van der Waals surface area contributed by atoms with E-state index in [2.05, 4.69) is 10.3 Å². The molecule has 1 atom stereocenters. The molecule has 1 unspecified atom stereocenters. The van der Waals surface area contributed by atoms with Crippen LogP contribution in [0.2, 0.25) is 0 Å². The van der Waals surface area contributed by atoms with Gasteiger partial charge in [-0.3, -0.25) is 9.78 Å². The Morgan fingerprint density at radius 3 is 2.58 bits per heavy atom. The minimum Gasteiger partial charge on any atom is -0.396 e. The second-order valence-electron chi connectivity index (χ2n) is 4.77. The van der Waals surface area contributed by atoms with Gasteiger partial charge < -0.3 is 11.1 Å². The summed E-state index contributed by atoms with van der Waals surface area (Å²) in [5.41, 5.74) is 5.61. The molecule has 0 spiro atoms. The van der Waals surface area contributed by atoms with E-state index in [1.807, 2.05) is 20.8 Å². The maximum absolute atomic E-state index is 12.0. The molecule has 1 aromatic heterocycles. The monoisotopic (exact) mass is 285 g/mol. The highest BCUT2D eigenvalue weighted by molar-refractivity contribution is 7.92. The van der Waals surface area contributed by atoms with E-state index in [0.717, 1.165) is 0 Å². The van der Waals surface area contributed by atoms with Crippen LogP contribution < -0.4 is 11.1 Å². The van der Waals surface area contributed by atoms with E-state index < -0.39 is 21.5 Å². The Morgan fingerprint density at radius 2 is 2.05 bits per heavy atom. The Hall–Kier alpha value is -1.63. The lowest BCUT2D eigenvalue weighted by Gasteiger charge is -2.17. The average molecular weight is 285 g/mol. The molecule has 0 fully saturated rings. The zero-order chi connectivity index (χ0) is 14.6. The number of hydrogen-bond acceptors (Lipinski definition) is 5. The first-order valence-corrected chi connectivity index (χ1v) is 7.61. The van der Waals surface area contributed by atoms with Crippen LogP contribution in [0.1, 0.15) is 20.8 Å². The summed E-state index contributed by atoms with van der Waals surface area (Å²) in [4.78, 5) is 15.4. The van der Waals surface area contributed by atoms with Gasteiger partial charge in [0.25, 0.3) is 0 Å². The number of nitrogen functional groups attached to an aromatic ring is 1. The number of carbonyl (C=O) groups excluding carboxylic acids is 1. The van der Waals surface area contributed by atoms with Gasteiger partial charge in [-0.05, 0) is 18.9 Å². The maximum Gasteiger partial charge on any atom is 0.235 e. The van der Waals surface area contributed by atoms with Crippen molar-refractivity contribution < 1.29 is 13.2 Å². The number of nitrogens with one attached hydrogen (secondary N) is 1. The van der Waals surface area contributed by atoms with Gasteiger partial charge in [0.15, 0.2) is 9.84 Å². The van der Waals surface area contributed by atoms with E-state index in [1.165, 1.54) is 18.5 Å². The largest absolute Gasteiger partial charge is 0.396 e. The van der Waals surface area contributed by atoms with Crippen LogP contribution in [0, 0.1) is 5.92 Å². The number of pyridine rings is 1. The Bertz CT molecular complexity index is 555. The van der Waals surface area contributed by atoms with Gasteiger partial charge in [0.1, 0.15) is 5.75 Å². The Labute approximate surface area is 113 Å². The second-order valence-corrected chi connectivity index (χ2v) is 6.73. The smallest absolute Gasteiger partial charge is 0.235 e. The molecule has 0 aliphatic rings. The van der Waals surface area contributed by atoms with Crippen molar-refractivity contribution in [2.45, 2.75) is 31.7 Å². The Balaban J connectivity index is 2.82. The third kappa shape index (κ3) is 4.20. The summed E-state index contributed by atoms with van der Waals surface area (Å²) in [7, 11) is -3.74. The molecule has 19 heavy (non-hydrogen) atoms. The van der Waals surface area contributed by atoms with Gasteiger partial charge in [0.2, 0.25) is 5.91 Å². The van der Waals surface area contributed by atoms with Crippen molar-refractivity contribution in [1.29, 1.82) is 0 Å². The lowest BCUT2D eigenvalue weighted by Crippen LogP contribution is -2.39. The van der Waals surface area contributed by atoms with Crippen molar-refractivity contribution in [2.24, 2.45) is 5.92 Å². The van der Waals surface area contributed by atoms with Crippen LogP contribution in [-0.4, -0.2) is 31.1 Å². The normalized spacial score (nSPS) is 13.3. The number of anilines is 1. The van der Waals surface area contributed by atoms with E-state index >= 15 is 0 Å². The molecule has 0 aliphatic carbocycles. The van der Waals surface area contributed by atoms with Crippen molar-refractivity contribution in [3.8, 4) is 0 Å². The van der Waals surface area contributed by atoms with Gasteiger partial charge in [0, 0.05) is 12.2 Å². The van der Waals surface area contributed by atoms with Crippen molar-refractivity contribution in [1.82, 2.24) is 10.3 Å². The topological polar surface area (TPSA) is 102 Å². The number of nitrogens with two attached hydrogens (primary N) is 1. The third-order valence-corrected chi connectivity index (χ3v) is 4.54. The van der Waals surface area contributed by atoms with Gasteiger partial charge in [0.05, 0.1) is 16.8 Å². The number of carbonyl (C=O) groups is 1. The second kappa shape index (κ2) is 6.01. The summed E-state index contributed by atoms with van der Waals surface area (Å²) in [6, 6.07) is 1.21. The van der Waals surface area contributed by atoms with Crippen LogP contribution in [0.25, 0.3) is 0 Å². The molecule has 7 heteroatoms. The first-order chi connectivity index (χ1) is 8.74. The van der Waals surface area contributed by atoms with Gasteiger partial charge >= 0.3 is 0 Å². The highest BCUT2D eigenvalue weighted by Gasteiger charge is 2.23. The fraction of sp³-hybridized carbons (Fsp3) is 0.500. The highest BCUT2D eigenvalue weighted by atomic mass is 32.2. The molecule has 1 rings (SSSR count). The number of amides is 1. The molecule has 0 radical (unpaired) electrons. The maximum atomic E-state index is 12.0. The van der Waals surface area contributed by atoms with Gasteiger partial charge in [-0.25, -0.2) is 8.42 Å². The predicted octanol–water partition coefficient (Wildman–Crippen LogP) is 0.598. The summed E-state index contributed by atoms with van der Waals surface area (Å²) in [6.07, 6.45) is 2.58. The molecule has 0 aliphatic heterocycles. The molecule has 1 amide bonds. The number of aromatic nitrogens is 1. The van der Waals surface area contributed by atoms with Crippen molar-refractivity contribution >= 4 is 21.4 Å². The van der Waals surface area contributed by atoms with Crippen LogP contribution in [0.5, 0.6) is 0 Å².